The summed E-state index contributed by atoms with van der Waals surface area (Å²) in [7, 11) is 0. The summed E-state index contributed by atoms with van der Waals surface area (Å²) in [6.45, 7) is 9.86. The molecule has 0 spiro atoms. The Bertz CT molecular complexity index is 347. The first-order chi connectivity index (χ1) is 10.2. The minimum absolute atomic E-state index is 0.432. The smallest absolute Gasteiger partial charge is 0.475 e. The Morgan fingerprint density at radius 2 is 1.86 bits per heavy atom. The number of nitrogens with one attached hydrogen (secondary N) is 1. The van der Waals surface area contributed by atoms with Gasteiger partial charge in [0, 0.05) is 25.2 Å². The van der Waals surface area contributed by atoms with Crippen molar-refractivity contribution in [1.82, 2.24) is 10.2 Å². The van der Waals surface area contributed by atoms with Crippen LogP contribution in [-0.2, 0) is 14.3 Å². The topological polar surface area (TPSA) is 71.0 Å². The number of hydrogen-bond donors (Lipinski definition) is 2. The van der Waals surface area contributed by atoms with Gasteiger partial charge < -0.3 is 19.9 Å². The lowest BCUT2D eigenvalue weighted by atomic mass is 10.0. The van der Waals surface area contributed by atoms with Crippen molar-refractivity contribution >= 4 is 5.97 Å². The van der Waals surface area contributed by atoms with Crippen LogP contribution >= 0.6 is 0 Å². The van der Waals surface area contributed by atoms with Crippen LogP contribution in [0.2, 0.25) is 0 Å². The molecule has 0 aliphatic carbocycles. The second-order valence-electron chi connectivity index (χ2n) is 5.41. The van der Waals surface area contributed by atoms with Crippen molar-refractivity contribution in [2.45, 2.75) is 38.1 Å². The summed E-state index contributed by atoms with van der Waals surface area (Å²) in [4.78, 5) is 11.4. The van der Waals surface area contributed by atoms with E-state index in [-0.39, 0.29) is 0 Å². The molecule has 2 aliphatic heterocycles. The van der Waals surface area contributed by atoms with E-state index in [0.29, 0.717) is 18.1 Å². The van der Waals surface area contributed by atoms with Gasteiger partial charge in [-0.2, -0.15) is 13.2 Å². The molecular formula is C13H23F3N2O4. The summed E-state index contributed by atoms with van der Waals surface area (Å²) in [6, 6.07) is 1.49. The Labute approximate surface area is 127 Å². The van der Waals surface area contributed by atoms with E-state index < -0.39 is 12.1 Å². The molecule has 0 amide bonds. The molecule has 130 valence electrons. The Kier molecular flexibility index (Phi) is 7.54. The van der Waals surface area contributed by atoms with Crippen molar-refractivity contribution in [1.29, 1.82) is 0 Å². The summed E-state index contributed by atoms with van der Waals surface area (Å²) in [5, 5.41) is 10.7. The standard InChI is InChI=1S/C11H22N2O2.C2HF3O2/c1-9(2)13-4-6-15-8-11(13)10-7-14-5-3-12-10;3-2(4,5)1(6)7/h9-12H,3-8H2,1-2H3;(H,6,7)/t10-,11-;/m1./s1. The molecule has 6 nitrogen and oxygen atoms in total. The van der Waals surface area contributed by atoms with Crippen molar-refractivity contribution in [3.05, 3.63) is 0 Å². The van der Waals surface area contributed by atoms with Gasteiger partial charge >= 0.3 is 12.1 Å². The lowest BCUT2D eigenvalue weighted by Gasteiger charge is -2.43. The lowest BCUT2D eigenvalue weighted by Crippen LogP contribution is -2.61. The third-order valence-corrected chi connectivity index (χ3v) is 3.53. The first-order valence-electron chi connectivity index (χ1n) is 7.18. The van der Waals surface area contributed by atoms with E-state index in [9.17, 15) is 13.2 Å². The van der Waals surface area contributed by atoms with Crippen LogP contribution in [0.1, 0.15) is 13.8 Å². The molecule has 0 aromatic heterocycles. The monoisotopic (exact) mass is 328 g/mol. The SMILES string of the molecule is CC(C)N1CCOC[C@@H]1[C@H]1COCCN1.O=C(O)C(F)(F)F. The fraction of sp³-hybridized carbons (Fsp3) is 0.923. The van der Waals surface area contributed by atoms with Gasteiger partial charge in [0.05, 0.1) is 32.5 Å². The number of hydrogen-bond acceptors (Lipinski definition) is 5. The summed E-state index contributed by atoms with van der Waals surface area (Å²) in [5.74, 6) is -2.76. The van der Waals surface area contributed by atoms with E-state index in [1.807, 2.05) is 0 Å². The number of carboxylic acid groups (broad SMARTS) is 1. The zero-order valence-corrected chi connectivity index (χ0v) is 12.7. The summed E-state index contributed by atoms with van der Waals surface area (Å²) in [5.41, 5.74) is 0. The average Bonchev–Trinajstić information content (AvgIpc) is 2.48. The summed E-state index contributed by atoms with van der Waals surface area (Å²) >= 11 is 0. The van der Waals surface area contributed by atoms with Crippen LogP contribution in [0.25, 0.3) is 0 Å². The molecule has 0 bridgehead atoms. The minimum atomic E-state index is -5.08. The van der Waals surface area contributed by atoms with Gasteiger partial charge in [-0.1, -0.05) is 0 Å². The van der Waals surface area contributed by atoms with Gasteiger partial charge in [0.15, 0.2) is 0 Å². The molecule has 9 heteroatoms. The number of halogens is 3. The second-order valence-corrected chi connectivity index (χ2v) is 5.41. The van der Waals surface area contributed by atoms with Gasteiger partial charge in [0.25, 0.3) is 0 Å². The van der Waals surface area contributed by atoms with E-state index in [1.165, 1.54) is 0 Å². The quantitative estimate of drug-likeness (QED) is 0.778. The molecule has 0 unspecified atom stereocenters. The van der Waals surface area contributed by atoms with Crippen molar-refractivity contribution in [2.75, 3.05) is 39.5 Å². The first-order valence-corrected chi connectivity index (χ1v) is 7.18. The van der Waals surface area contributed by atoms with Gasteiger partial charge in [0.1, 0.15) is 0 Å². The molecular weight excluding hydrogens is 305 g/mol. The molecule has 0 saturated carbocycles. The van der Waals surface area contributed by atoms with Crippen LogP contribution in [0.4, 0.5) is 13.2 Å². The van der Waals surface area contributed by atoms with E-state index >= 15 is 0 Å². The Hall–Kier alpha value is -0.900. The third-order valence-electron chi connectivity index (χ3n) is 3.53. The molecule has 2 fully saturated rings. The molecule has 22 heavy (non-hydrogen) atoms. The highest BCUT2D eigenvalue weighted by atomic mass is 19.4. The molecule has 2 saturated heterocycles. The van der Waals surface area contributed by atoms with Crippen LogP contribution in [0.15, 0.2) is 0 Å². The molecule has 2 rings (SSSR count). The molecule has 2 atom stereocenters. The van der Waals surface area contributed by atoms with Crippen LogP contribution in [0.3, 0.4) is 0 Å². The number of aliphatic carboxylic acids is 1. The van der Waals surface area contributed by atoms with Gasteiger partial charge in [-0.3, -0.25) is 4.90 Å². The maximum atomic E-state index is 10.6. The number of nitrogens with zero attached hydrogens (tertiary/aromatic N) is 1. The van der Waals surface area contributed by atoms with Gasteiger partial charge in [-0.15, -0.1) is 0 Å². The van der Waals surface area contributed by atoms with E-state index in [0.717, 1.165) is 39.5 Å². The summed E-state index contributed by atoms with van der Waals surface area (Å²) in [6.07, 6.45) is -5.08. The van der Waals surface area contributed by atoms with E-state index in [4.69, 9.17) is 19.4 Å². The number of carboxylic acids is 1. The predicted molar refractivity (Wildman–Crippen MR) is 72.7 cm³/mol. The Morgan fingerprint density at radius 1 is 1.27 bits per heavy atom. The van der Waals surface area contributed by atoms with Gasteiger partial charge in [-0.05, 0) is 13.8 Å². The first kappa shape index (κ1) is 19.1. The fourth-order valence-corrected chi connectivity index (χ4v) is 2.46. The Balaban J connectivity index is 0.000000295. The molecule has 2 aliphatic rings. The highest BCUT2D eigenvalue weighted by Crippen LogP contribution is 2.16. The minimum Gasteiger partial charge on any atom is -0.475 e. The average molecular weight is 328 g/mol. The highest BCUT2D eigenvalue weighted by Gasteiger charge is 2.38. The van der Waals surface area contributed by atoms with Crippen LogP contribution in [-0.4, -0.2) is 79.8 Å². The number of alkyl halides is 3. The van der Waals surface area contributed by atoms with Crippen molar-refractivity contribution < 1.29 is 32.5 Å². The number of morpholine rings is 2. The molecule has 2 heterocycles. The zero-order chi connectivity index (χ0) is 16.8. The van der Waals surface area contributed by atoms with Crippen LogP contribution in [0.5, 0.6) is 0 Å². The van der Waals surface area contributed by atoms with Crippen LogP contribution < -0.4 is 5.32 Å². The molecule has 0 aromatic rings. The Morgan fingerprint density at radius 3 is 2.32 bits per heavy atom. The number of ether oxygens (including phenoxy) is 2. The second kappa shape index (κ2) is 8.66. The van der Waals surface area contributed by atoms with Crippen molar-refractivity contribution in [2.24, 2.45) is 0 Å². The van der Waals surface area contributed by atoms with E-state index in [2.05, 4.69) is 24.1 Å². The zero-order valence-electron chi connectivity index (χ0n) is 12.7. The van der Waals surface area contributed by atoms with Crippen LogP contribution in [0, 0.1) is 0 Å². The van der Waals surface area contributed by atoms with Gasteiger partial charge in [-0.25, -0.2) is 4.79 Å². The number of rotatable bonds is 2. The molecule has 0 radical (unpaired) electrons. The maximum Gasteiger partial charge on any atom is 0.490 e. The van der Waals surface area contributed by atoms with E-state index in [1.54, 1.807) is 0 Å². The maximum absolute atomic E-state index is 10.6. The molecule has 0 aromatic carbocycles. The largest absolute Gasteiger partial charge is 0.490 e. The molecule has 2 N–H and O–H groups in total. The normalized spacial score (nSPS) is 27.2. The van der Waals surface area contributed by atoms with Gasteiger partial charge in [0.2, 0.25) is 0 Å². The van der Waals surface area contributed by atoms with Crippen molar-refractivity contribution in [3.8, 4) is 0 Å². The predicted octanol–water partition coefficient (Wildman–Crippen LogP) is 0.717. The third kappa shape index (κ3) is 6.07. The number of carbonyl (C=O) groups is 1. The lowest BCUT2D eigenvalue weighted by molar-refractivity contribution is -0.192. The highest BCUT2D eigenvalue weighted by molar-refractivity contribution is 5.73. The fourth-order valence-electron chi connectivity index (χ4n) is 2.46. The van der Waals surface area contributed by atoms with Crippen molar-refractivity contribution in [3.63, 3.8) is 0 Å². The summed E-state index contributed by atoms with van der Waals surface area (Å²) < 4.78 is 42.8.